The number of carbonyl (C=O) groups is 1. The summed E-state index contributed by atoms with van der Waals surface area (Å²) in [5.74, 6) is 0. The Labute approximate surface area is 66.1 Å². The van der Waals surface area contributed by atoms with Crippen molar-refractivity contribution in [2.75, 3.05) is 19.7 Å². The molecule has 11 heavy (non-hydrogen) atoms. The third kappa shape index (κ3) is 7.08. The molecule has 0 aliphatic rings. The fourth-order valence-corrected chi connectivity index (χ4v) is 0.540. The summed E-state index contributed by atoms with van der Waals surface area (Å²) in [4.78, 5) is 10.1. The molecule has 0 saturated carbocycles. The minimum atomic E-state index is -0.743. The maximum absolute atomic E-state index is 10.1. The third-order valence-corrected chi connectivity index (χ3v) is 1.19. The van der Waals surface area contributed by atoms with Gasteiger partial charge in [-0.25, -0.2) is 4.79 Å². The monoisotopic (exact) mass is 161 g/mol. The maximum Gasteiger partial charge on any atom is 0.404 e. The molecule has 0 aromatic rings. The Morgan fingerprint density at radius 1 is 1.73 bits per heavy atom. The van der Waals surface area contributed by atoms with Crippen LogP contribution in [0.3, 0.4) is 0 Å². The summed E-state index contributed by atoms with van der Waals surface area (Å²) in [6.45, 7) is 3.39. The minimum Gasteiger partial charge on any atom is -0.448 e. The van der Waals surface area contributed by atoms with Gasteiger partial charge in [-0.15, -0.1) is 0 Å². The highest BCUT2D eigenvalue weighted by molar-refractivity contribution is 5.64. The molecule has 0 aromatic heterocycles. The molecule has 0 aromatic carbocycles. The molecule has 5 nitrogen and oxygen atoms in total. The number of hydrogen-bond donors (Lipinski definition) is 3. The molecule has 1 atom stereocenters. The van der Waals surface area contributed by atoms with Crippen molar-refractivity contribution in [1.82, 2.24) is 5.32 Å². The molecule has 5 N–H and O–H groups in total. The topological polar surface area (TPSA) is 90.4 Å². The summed E-state index contributed by atoms with van der Waals surface area (Å²) in [7, 11) is 0. The third-order valence-electron chi connectivity index (χ3n) is 1.19. The second-order valence-corrected chi connectivity index (χ2v) is 2.26. The van der Waals surface area contributed by atoms with E-state index >= 15 is 0 Å². The smallest absolute Gasteiger partial charge is 0.404 e. The zero-order valence-corrected chi connectivity index (χ0v) is 6.67. The lowest BCUT2D eigenvalue weighted by atomic mass is 10.3. The summed E-state index contributed by atoms with van der Waals surface area (Å²) < 4.78 is 4.47. The molecule has 0 bridgehead atoms. The Morgan fingerprint density at radius 3 is 2.82 bits per heavy atom. The van der Waals surface area contributed by atoms with Crippen LogP contribution in [0.25, 0.3) is 0 Å². The van der Waals surface area contributed by atoms with E-state index in [1.807, 2.05) is 6.92 Å². The van der Waals surface area contributed by atoms with Crippen LogP contribution in [0.15, 0.2) is 0 Å². The van der Waals surface area contributed by atoms with Gasteiger partial charge >= 0.3 is 6.09 Å². The number of carbonyl (C=O) groups excluding carboxylic acids is 1. The lowest BCUT2D eigenvalue weighted by molar-refractivity contribution is 0.156. The molecule has 1 unspecified atom stereocenters. The van der Waals surface area contributed by atoms with Gasteiger partial charge in [0.25, 0.3) is 0 Å². The molecule has 0 aliphatic carbocycles. The fourth-order valence-electron chi connectivity index (χ4n) is 0.540. The highest BCUT2D eigenvalue weighted by Gasteiger charge is 1.97. The van der Waals surface area contributed by atoms with E-state index in [1.165, 1.54) is 0 Å². The fraction of sp³-hybridized carbons (Fsp3) is 0.833. The first-order chi connectivity index (χ1) is 5.16. The molecule has 0 rings (SSSR count). The first-order valence-corrected chi connectivity index (χ1v) is 3.52. The van der Waals surface area contributed by atoms with Crippen molar-refractivity contribution in [1.29, 1.82) is 0 Å². The van der Waals surface area contributed by atoms with Gasteiger partial charge in [-0.05, 0) is 6.92 Å². The van der Waals surface area contributed by atoms with E-state index in [-0.39, 0.29) is 6.04 Å². The molecule has 0 fully saturated rings. The van der Waals surface area contributed by atoms with E-state index in [1.54, 1.807) is 0 Å². The molecule has 0 saturated heterocycles. The lowest BCUT2D eigenvalue weighted by Crippen LogP contribution is -2.36. The van der Waals surface area contributed by atoms with E-state index in [4.69, 9.17) is 11.5 Å². The molecule has 0 heterocycles. The van der Waals surface area contributed by atoms with Gasteiger partial charge in [0.05, 0.1) is 0 Å². The quantitative estimate of drug-likeness (QED) is 0.452. The molecular formula is C6H15N3O2. The van der Waals surface area contributed by atoms with Crippen LogP contribution in [0.4, 0.5) is 4.79 Å². The lowest BCUT2D eigenvalue weighted by Gasteiger charge is -2.09. The van der Waals surface area contributed by atoms with Crippen LogP contribution < -0.4 is 16.8 Å². The maximum atomic E-state index is 10.1. The van der Waals surface area contributed by atoms with E-state index in [9.17, 15) is 4.79 Å². The average molecular weight is 161 g/mol. The van der Waals surface area contributed by atoms with E-state index < -0.39 is 6.09 Å². The number of amides is 1. The average Bonchev–Trinajstić information content (AvgIpc) is 1.97. The Hall–Kier alpha value is -0.810. The van der Waals surface area contributed by atoms with Gasteiger partial charge in [0, 0.05) is 19.1 Å². The Kier molecular flexibility index (Phi) is 5.50. The summed E-state index contributed by atoms with van der Waals surface area (Å²) in [5, 5.41) is 3.03. The van der Waals surface area contributed by atoms with Crippen LogP contribution in [0.5, 0.6) is 0 Å². The molecular weight excluding hydrogens is 146 g/mol. The number of ether oxygens (including phenoxy) is 1. The highest BCUT2D eigenvalue weighted by Crippen LogP contribution is 1.76. The van der Waals surface area contributed by atoms with Gasteiger partial charge in [0.15, 0.2) is 0 Å². The van der Waals surface area contributed by atoms with Gasteiger partial charge in [0.1, 0.15) is 6.61 Å². The van der Waals surface area contributed by atoms with E-state index in [0.29, 0.717) is 19.7 Å². The van der Waals surface area contributed by atoms with E-state index in [2.05, 4.69) is 10.1 Å². The van der Waals surface area contributed by atoms with E-state index in [0.717, 1.165) is 0 Å². The van der Waals surface area contributed by atoms with Crippen LogP contribution in [0.2, 0.25) is 0 Å². The predicted molar refractivity (Wildman–Crippen MR) is 42.1 cm³/mol. The second-order valence-electron chi connectivity index (χ2n) is 2.26. The molecule has 66 valence electrons. The van der Waals surface area contributed by atoms with Crippen molar-refractivity contribution < 1.29 is 9.53 Å². The molecule has 0 spiro atoms. The van der Waals surface area contributed by atoms with Crippen molar-refractivity contribution in [2.24, 2.45) is 11.5 Å². The number of rotatable bonds is 5. The number of nitrogens with two attached hydrogens (primary N) is 2. The number of primary amides is 1. The zero-order chi connectivity index (χ0) is 8.69. The Bertz CT molecular complexity index is 118. The van der Waals surface area contributed by atoms with Crippen LogP contribution >= 0.6 is 0 Å². The van der Waals surface area contributed by atoms with Crippen LogP contribution in [0.1, 0.15) is 6.92 Å². The molecule has 5 heteroatoms. The van der Waals surface area contributed by atoms with Gasteiger partial charge in [-0.2, -0.15) is 0 Å². The van der Waals surface area contributed by atoms with Crippen LogP contribution in [-0.4, -0.2) is 31.8 Å². The minimum absolute atomic E-state index is 0.242. The Morgan fingerprint density at radius 2 is 2.36 bits per heavy atom. The van der Waals surface area contributed by atoms with Gasteiger partial charge in [-0.1, -0.05) is 0 Å². The molecule has 1 amide bonds. The van der Waals surface area contributed by atoms with Crippen LogP contribution in [0, 0.1) is 0 Å². The van der Waals surface area contributed by atoms with Crippen molar-refractivity contribution in [3.05, 3.63) is 0 Å². The van der Waals surface area contributed by atoms with Crippen molar-refractivity contribution >= 4 is 6.09 Å². The van der Waals surface area contributed by atoms with Crippen molar-refractivity contribution in [3.8, 4) is 0 Å². The normalized spacial score (nSPS) is 12.5. The first-order valence-electron chi connectivity index (χ1n) is 3.52. The standard InChI is InChI=1S/C6H15N3O2/c1-5(4-7)9-2-3-11-6(8)10/h5,9H,2-4,7H2,1H3,(H2,8,10). The SMILES string of the molecule is CC(CN)NCCOC(N)=O. The largest absolute Gasteiger partial charge is 0.448 e. The number of hydrogen-bond acceptors (Lipinski definition) is 4. The predicted octanol–water partition coefficient (Wildman–Crippen LogP) is -0.981. The second kappa shape index (κ2) is 5.94. The highest BCUT2D eigenvalue weighted by atomic mass is 16.5. The van der Waals surface area contributed by atoms with Gasteiger partial charge in [0.2, 0.25) is 0 Å². The summed E-state index contributed by atoms with van der Waals surface area (Å²) >= 11 is 0. The van der Waals surface area contributed by atoms with Crippen molar-refractivity contribution in [2.45, 2.75) is 13.0 Å². The molecule has 0 radical (unpaired) electrons. The van der Waals surface area contributed by atoms with Crippen LogP contribution in [-0.2, 0) is 4.74 Å². The van der Waals surface area contributed by atoms with Crippen molar-refractivity contribution in [3.63, 3.8) is 0 Å². The summed E-state index contributed by atoms with van der Waals surface area (Å²) in [6, 6.07) is 0.242. The first kappa shape index (κ1) is 10.2. The summed E-state index contributed by atoms with van der Waals surface area (Å²) in [6.07, 6.45) is -0.743. The number of nitrogens with one attached hydrogen (secondary N) is 1. The summed E-state index contributed by atoms with van der Waals surface area (Å²) in [5.41, 5.74) is 10.0. The van der Waals surface area contributed by atoms with Gasteiger partial charge in [-0.3, -0.25) is 0 Å². The zero-order valence-electron chi connectivity index (χ0n) is 6.67. The molecule has 0 aliphatic heterocycles. The Balaban J connectivity index is 3.08. The van der Waals surface area contributed by atoms with Gasteiger partial charge < -0.3 is 21.5 Å².